The van der Waals surface area contributed by atoms with Crippen LogP contribution in [0.1, 0.15) is 127 Å². The van der Waals surface area contributed by atoms with Gasteiger partial charge in [-0.05, 0) is 42.9 Å². The van der Waals surface area contributed by atoms with Gasteiger partial charge in [0.2, 0.25) is 5.78 Å². The number of phenols is 3. The smallest absolute Gasteiger partial charge is 0.203 e. The number of Topliss-reactive ketones (excluding diaryl/α,β-unsaturated/α-hetero) is 1. The van der Waals surface area contributed by atoms with Crippen molar-refractivity contribution in [2.45, 2.75) is 123 Å². The predicted molar refractivity (Wildman–Crippen MR) is 159 cm³/mol. The number of aromatic hydroxyl groups is 3. The molecule has 6 heteroatoms. The highest BCUT2D eigenvalue weighted by atomic mass is 16.6. The minimum absolute atomic E-state index is 0.0228. The lowest BCUT2D eigenvalue weighted by Gasteiger charge is -2.34. The van der Waals surface area contributed by atoms with Crippen LogP contribution in [0.5, 0.6) is 23.0 Å². The molecule has 1 heterocycles. The molecule has 0 saturated carbocycles. The van der Waals surface area contributed by atoms with E-state index in [1.165, 1.54) is 76.0 Å². The van der Waals surface area contributed by atoms with Crippen LogP contribution < -0.4 is 4.74 Å². The van der Waals surface area contributed by atoms with Gasteiger partial charge in [0.25, 0.3) is 0 Å². The molecule has 1 aliphatic heterocycles. The number of rotatable bonds is 17. The number of hydrogen-bond acceptors (Lipinski definition) is 6. The number of fused-ring (bicyclic) bond motifs is 1. The molecular weight excluding hydrogens is 504 g/mol. The summed E-state index contributed by atoms with van der Waals surface area (Å²) in [5.41, 5.74) is 0.691. The summed E-state index contributed by atoms with van der Waals surface area (Å²) in [7, 11) is 0. The maximum Gasteiger partial charge on any atom is 0.203 e. The van der Waals surface area contributed by atoms with Crippen molar-refractivity contribution in [2.24, 2.45) is 11.8 Å². The third-order valence-corrected chi connectivity index (χ3v) is 8.35. The van der Waals surface area contributed by atoms with Gasteiger partial charge in [0.15, 0.2) is 12.2 Å². The average molecular weight is 555 g/mol. The molecule has 6 nitrogen and oxygen atoms in total. The van der Waals surface area contributed by atoms with Gasteiger partial charge in [0, 0.05) is 12.1 Å². The highest BCUT2D eigenvalue weighted by Crippen LogP contribution is 2.43. The number of carbonyl (C=O) groups excluding carboxylic acids is 1. The fourth-order valence-corrected chi connectivity index (χ4v) is 5.55. The van der Waals surface area contributed by atoms with E-state index in [0.717, 1.165) is 37.2 Å². The molecule has 0 fully saturated rings. The molecule has 2 aromatic rings. The second-order valence-corrected chi connectivity index (χ2v) is 11.9. The van der Waals surface area contributed by atoms with Crippen LogP contribution in [-0.4, -0.2) is 33.3 Å². The molecule has 40 heavy (non-hydrogen) atoms. The minimum atomic E-state index is -0.950. The van der Waals surface area contributed by atoms with Crippen molar-refractivity contribution in [1.29, 1.82) is 0 Å². The largest absolute Gasteiger partial charge is 0.508 e. The van der Waals surface area contributed by atoms with Crippen molar-refractivity contribution < 1.29 is 29.6 Å². The Morgan fingerprint density at radius 2 is 1.35 bits per heavy atom. The van der Waals surface area contributed by atoms with Gasteiger partial charge in [-0.1, -0.05) is 104 Å². The van der Waals surface area contributed by atoms with Gasteiger partial charge in [-0.25, -0.2) is 0 Å². The number of carbonyl (C=O) groups is 1. The van der Waals surface area contributed by atoms with Crippen molar-refractivity contribution in [3.8, 4) is 23.0 Å². The fourth-order valence-electron chi connectivity index (χ4n) is 5.55. The first-order valence-electron chi connectivity index (χ1n) is 15.4. The number of hydrogen-bond donors (Lipinski definition) is 3. The van der Waals surface area contributed by atoms with E-state index in [4.69, 9.17) is 9.47 Å². The fraction of sp³-hybridized carbons (Fsp3) is 0.618. The van der Waals surface area contributed by atoms with Crippen LogP contribution in [0.2, 0.25) is 0 Å². The summed E-state index contributed by atoms with van der Waals surface area (Å²) in [6.45, 7) is 8.99. The lowest BCUT2D eigenvalue weighted by atomic mass is 9.92. The monoisotopic (exact) mass is 554 g/mol. The lowest BCUT2D eigenvalue weighted by Crippen LogP contribution is -2.40. The highest BCUT2D eigenvalue weighted by molar-refractivity contribution is 6.05. The summed E-state index contributed by atoms with van der Waals surface area (Å²) in [5, 5.41) is 30.0. The number of ketones is 1. The lowest BCUT2D eigenvalue weighted by molar-refractivity contribution is -0.0551. The van der Waals surface area contributed by atoms with Crippen molar-refractivity contribution >= 4 is 5.78 Å². The second kappa shape index (κ2) is 15.9. The van der Waals surface area contributed by atoms with E-state index in [-0.39, 0.29) is 40.4 Å². The van der Waals surface area contributed by atoms with Crippen LogP contribution in [0.4, 0.5) is 0 Å². The first-order chi connectivity index (χ1) is 19.2. The van der Waals surface area contributed by atoms with E-state index in [9.17, 15) is 20.1 Å². The standard InChI is InChI=1S/C34H50O6/c1-5-23(2)13-10-8-11-15-24(3)14-9-6-7-12-16-25(4)39-34-32(38)31-29(37)21-28(36)22-30(31)40-33(34)26-17-19-27(35)20-18-26/h17-25,33-37H,5-16H2,1-4H3/t23-,24+,25+,33-,34+/m1/s1. The third kappa shape index (κ3) is 9.43. The Balaban J connectivity index is 1.44. The third-order valence-electron chi connectivity index (χ3n) is 8.35. The number of unbranched alkanes of at least 4 members (excludes halogenated alkanes) is 5. The molecule has 0 radical (unpaired) electrons. The van der Waals surface area contributed by atoms with Gasteiger partial charge in [-0.15, -0.1) is 0 Å². The maximum absolute atomic E-state index is 13.5. The normalized spacial score (nSPS) is 19.1. The van der Waals surface area contributed by atoms with Gasteiger partial charge in [0.1, 0.15) is 28.6 Å². The second-order valence-electron chi connectivity index (χ2n) is 11.9. The topological polar surface area (TPSA) is 96.2 Å². The van der Waals surface area contributed by atoms with Crippen molar-refractivity contribution in [3.63, 3.8) is 0 Å². The van der Waals surface area contributed by atoms with Gasteiger partial charge in [0.05, 0.1) is 6.10 Å². The van der Waals surface area contributed by atoms with E-state index >= 15 is 0 Å². The molecule has 0 amide bonds. The molecule has 222 valence electrons. The Kier molecular flexibility index (Phi) is 12.6. The minimum Gasteiger partial charge on any atom is -0.508 e. The van der Waals surface area contributed by atoms with Crippen LogP contribution in [0, 0.1) is 11.8 Å². The van der Waals surface area contributed by atoms with Gasteiger partial charge in [-0.3, -0.25) is 4.79 Å². The Bertz CT molecular complexity index is 1050. The summed E-state index contributed by atoms with van der Waals surface area (Å²) >= 11 is 0. The number of ether oxygens (including phenoxy) is 2. The first-order valence-corrected chi connectivity index (χ1v) is 15.4. The van der Waals surface area contributed by atoms with E-state index in [2.05, 4.69) is 20.8 Å². The molecule has 1 aliphatic rings. The van der Waals surface area contributed by atoms with E-state index < -0.39 is 12.2 Å². The SMILES string of the molecule is CC[C@@H](C)CCCCC[C@@H](C)CCCCCC[C@H](C)O[C@H]1C(=O)c2c(O)cc(O)cc2O[C@@H]1c1ccc(O)cc1. The molecule has 0 saturated heterocycles. The van der Waals surface area contributed by atoms with E-state index in [1.807, 2.05) is 6.92 Å². The molecule has 5 atom stereocenters. The van der Waals surface area contributed by atoms with Crippen LogP contribution in [-0.2, 0) is 4.74 Å². The summed E-state index contributed by atoms with van der Waals surface area (Å²) < 4.78 is 12.4. The summed E-state index contributed by atoms with van der Waals surface area (Å²) in [6.07, 6.45) is 12.9. The van der Waals surface area contributed by atoms with Crippen molar-refractivity contribution in [1.82, 2.24) is 0 Å². The van der Waals surface area contributed by atoms with E-state index in [1.54, 1.807) is 12.1 Å². The van der Waals surface area contributed by atoms with Crippen LogP contribution in [0.3, 0.4) is 0 Å². The highest BCUT2D eigenvalue weighted by Gasteiger charge is 2.42. The Hall–Kier alpha value is -2.73. The van der Waals surface area contributed by atoms with Crippen molar-refractivity contribution in [3.05, 3.63) is 47.5 Å². The molecule has 3 rings (SSSR count). The van der Waals surface area contributed by atoms with Gasteiger partial charge in [-0.2, -0.15) is 0 Å². The quantitative estimate of drug-likeness (QED) is 0.169. The maximum atomic E-state index is 13.5. The zero-order valence-corrected chi connectivity index (χ0v) is 24.9. The van der Waals surface area contributed by atoms with Gasteiger partial charge >= 0.3 is 0 Å². The zero-order chi connectivity index (χ0) is 29.1. The summed E-state index contributed by atoms with van der Waals surface area (Å²) in [4.78, 5) is 13.5. The predicted octanol–water partition coefficient (Wildman–Crippen LogP) is 8.87. The molecule has 0 unspecified atom stereocenters. The number of phenolic OH excluding ortho intramolecular Hbond substituents is 3. The molecule has 0 spiro atoms. The number of benzene rings is 2. The molecule has 0 aromatic heterocycles. The summed E-state index contributed by atoms with van der Waals surface area (Å²) in [6, 6.07) is 8.92. The Morgan fingerprint density at radius 3 is 1.98 bits per heavy atom. The Morgan fingerprint density at radius 1 is 0.775 bits per heavy atom. The molecule has 0 aliphatic carbocycles. The first kappa shape index (κ1) is 31.8. The zero-order valence-electron chi connectivity index (χ0n) is 24.9. The van der Waals surface area contributed by atoms with Crippen LogP contribution in [0.25, 0.3) is 0 Å². The molecule has 0 bridgehead atoms. The Labute approximate surface area is 240 Å². The van der Waals surface area contributed by atoms with Gasteiger partial charge < -0.3 is 24.8 Å². The van der Waals surface area contributed by atoms with Crippen molar-refractivity contribution in [2.75, 3.05) is 0 Å². The van der Waals surface area contributed by atoms with E-state index in [0.29, 0.717) is 5.56 Å². The van der Waals surface area contributed by atoms with Crippen LogP contribution >= 0.6 is 0 Å². The average Bonchev–Trinajstić information content (AvgIpc) is 2.91. The van der Waals surface area contributed by atoms with Crippen LogP contribution in [0.15, 0.2) is 36.4 Å². The molecule has 2 aromatic carbocycles. The molecular formula is C34H50O6. The molecule has 3 N–H and O–H groups in total. The summed E-state index contributed by atoms with van der Waals surface area (Å²) in [5.74, 6) is 0.993.